The highest BCUT2D eigenvalue weighted by atomic mass is 16.5. The maximum absolute atomic E-state index is 12.3. The molecular formula is C13H18N2O3. The van der Waals surface area contributed by atoms with Crippen LogP contribution in [-0.4, -0.2) is 41.3 Å². The highest BCUT2D eigenvalue weighted by molar-refractivity contribution is 5.92. The maximum Gasteiger partial charge on any atom is 0.276 e. The van der Waals surface area contributed by atoms with Crippen LogP contribution in [0, 0.1) is 0 Å². The summed E-state index contributed by atoms with van der Waals surface area (Å²) in [5, 5.41) is 3.89. The molecule has 1 aliphatic heterocycles. The molecule has 1 aromatic rings. The summed E-state index contributed by atoms with van der Waals surface area (Å²) in [6.45, 7) is 5.77. The first-order valence-corrected chi connectivity index (χ1v) is 6.45. The fraction of sp³-hybridized carbons (Fsp3) is 0.692. The minimum atomic E-state index is -0.281. The predicted molar refractivity (Wildman–Crippen MR) is 64.4 cm³/mol. The SMILES string of the molecule is CC1(C)CN(C(=O)c2cc(C3CC3)on2)CCO1. The van der Waals surface area contributed by atoms with Crippen molar-refractivity contribution < 1.29 is 14.1 Å². The number of carbonyl (C=O) groups is 1. The van der Waals surface area contributed by atoms with Crippen LogP contribution in [0.15, 0.2) is 10.6 Å². The molecule has 5 nitrogen and oxygen atoms in total. The zero-order chi connectivity index (χ0) is 12.8. The van der Waals surface area contributed by atoms with Gasteiger partial charge in [-0.05, 0) is 26.7 Å². The monoisotopic (exact) mass is 250 g/mol. The van der Waals surface area contributed by atoms with E-state index in [1.807, 2.05) is 13.8 Å². The third-order valence-electron chi connectivity index (χ3n) is 3.44. The zero-order valence-electron chi connectivity index (χ0n) is 10.8. The van der Waals surface area contributed by atoms with Crippen LogP contribution in [0.3, 0.4) is 0 Å². The molecule has 18 heavy (non-hydrogen) atoms. The Bertz CT molecular complexity index is 463. The lowest BCUT2D eigenvalue weighted by atomic mass is 10.1. The second-order valence-corrected chi connectivity index (χ2v) is 5.72. The van der Waals surface area contributed by atoms with Gasteiger partial charge in [0.25, 0.3) is 5.91 Å². The highest BCUT2D eigenvalue weighted by Crippen LogP contribution is 2.40. The Morgan fingerprint density at radius 1 is 1.50 bits per heavy atom. The molecule has 2 heterocycles. The van der Waals surface area contributed by atoms with Crippen LogP contribution >= 0.6 is 0 Å². The highest BCUT2D eigenvalue weighted by Gasteiger charge is 2.33. The van der Waals surface area contributed by atoms with E-state index in [0.29, 0.717) is 31.3 Å². The van der Waals surface area contributed by atoms with E-state index in [1.54, 1.807) is 11.0 Å². The molecule has 0 aromatic carbocycles. The molecule has 0 atom stereocenters. The second kappa shape index (κ2) is 4.09. The van der Waals surface area contributed by atoms with Crippen LogP contribution in [0.1, 0.15) is 48.9 Å². The first-order chi connectivity index (χ1) is 8.55. The van der Waals surface area contributed by atoms with Gasteiger partial charge in [-0.1, -0.05) is 5.16 Å². The normalized spacial score (nSPS) is 23.1. The van der Waals surface area contributed by atoms with E-state index in [1.165, 1.54) is 0 Å². The molecule has 5 heteroatoms. The van der Waals surface area contributed by atoms with E-state index in [0.717, 1.165) is 18.6 Å². The molecule has 3 rings (SSSR count). The summed E-state index contributed by atoms with van der Waals surface area (Å²) in [7, 11) is 0. The lowest BCUT2D eigenvalue weighted by Gasteiger charge is -2.37. The third-order valence-corrected chi connectivity index (χ3v) is 3.44. The van der Waals surface area contributed by atoms with Crippen molar-refractivity contribution in [2.75, 3.05) is 19.7 Å². The van der Waals surface area contributed by atoms with Crippen molar-refractivity contribution in [3.63, 3.8) is 0 Å². The van der Waals surface area contributed by atoms with Crippen LogP contribution in [0.2, 0.25) is 0 Å². The Kier molecular flexibility index (Phi) is 2.66. The van der Waals surface area contributed by atoms with Gasteiger partial charge in [0.15, 0.2) is 5.69 Å². The maximum atomic E-state index is 12.3. The molecule has 98 valence electrons. The quantitative estimate of drug-likeness (QED) is 0.803. The van der Waals surface area contributed by atoms with Crippen molar-refractivity contribution in [3.8, 4) is 0 Å². The second-order valence-electron chi connectivity index (χ2n) is 5.72. The Morgan fingerprint density at radius 3 is 2.94 bits per heavy atom. The molecule has 0 bridgehead atoms. The van der Waals surface area contributed by atoms with Gasteiger partial charge in [0.1, 0.15) is 5.76 Å². The number of ether oxygens (including phenoxy) is 1. The first-order valence-electron chi connectivity index (χ1n) is 6.45. The van der Waals surface area contributed by atoms with Gasteiger partial charge in [0.2, 0.25) is 0 Å². The summed E-state index contributed by atoms with van der Waals surface area (Å²) >= 11 is 0. The molecule has 0 unspecified atom stereocenters. The minimum absolute atomic E-state index is 0.0537. The summed E-state index contributed by atoms with van der Waals surface area (Å²) < 4.78 is 10.8. The van der Waals surface area contributed by atoms with E-state index < -0.39 is 0 Å². The van der Waals surface area contributed by atoms with Gasteiger partial charge in [0.05, 0.1) is 12.2 Å². The van der Waals surface area contributed by atoms with Gasteiger partial charge in [-0.15, -0.1) is 0 Å². The van der Waals surface area contributed by atoms with Gasteiger partial charge < -0.3 is 14.2 Å². The smallest absolute Gasteiger partial charge is 0.276 e. The van der Waals surface area contributed by atoms with Crippen molar-refractivity contribution in [1.29, 1.82) is 0 Å². The lowest BCUT2D eigenvalue weighted by molar-refractivity contribution is -0.0765. The lowest BCUT2D eigenvalue weighted by Crippen LogP contribution is -2.50. The third kappa shape index (κ3) is 2.27. The summed E-state index contributed by atoms with van der Waals surface area (Å²) in [4.78, 5) is 14.1. The van der Waals surface area contributed by atoms with Gasteiger partial charge in [-0.3, -0.25) is 4.79 Å². The van der Waals surface area contributed by atoms with Crippen LogP contribution in [0.4, 0.5) is 0 Å². The van der Waals surface area contributed by atoms with E-state index in [2.05, 4.69) is 5.16 Å². The number of hydrogen-bond acceptors (Lipinski definition) is 4. The number of morpholine rings is 1. The van der Waals surface area contributed by atoms with Gasteiger partial charge in [-0.2, -0.15) is 0 Å². The number of carbonyl (C=O) groups excluding carboxylic acids is 1. The van der Waals surface area contributed by atoms with Crippen molar-refractivity contribution in [2.24, 2.45) is 0 Å². The van der Waals surface area contributed by atoms with Gasteiger partial charge in [0, 0.05) is 25.1 Å². The van der Waals surface area contributed by atoms with Gasteiger partial charge >= 0.3 is 0 Å². The average Bonchev–Trinajstić information content (AvgIpc) is 3.05. The number of nitrogens with zero attached hydrogens (tertiary/aromatic N) is 2. The van der Waals surface area contributed by atoms with Crippen LogP contribution in [0.5, 0.6) is 0 Å². The summed E-state index contributed by atoms with van der Waals surface area (Å²) in [5.41, 5.74) is 0.145. The van der Waals surface area contributed by atoms with Crippen molar-refractivity contribution >= 4 is 5.91 Å². The molecule has 0 spiro atoms. The van der Waals surface area contributed by atoms with E-state index >= 15 is 0 Å². The Hall–Kier alpha value is -1.36. The van der Waals surface area contributed by atoms with E-state index in [9.17, 15) is 4.79 Å². The minimum Gasteiger partial charge on any atom is -0.372 e. The van der Waals surface area contributed by atoms with Crippen LogP contribution in [-0.2, 0) is 4.74 Å². The van der Waals surface area contributed by atoms with Crippen molar-refractivity contribution in [3.05, 3.63) is 17.5 Å². The van der Waals surface area contributed by atoms with Crippen molar-refractivity contribution in [1.82, 2.24) is 10.1 Å². The zero-order valence-corrected chi connectivity index (χ0v) is 10.8. The van der Waals surface area contributed by atoms with Crippen LogP contribution in [0.25, 0.3) is 0 Å². The van der Waals surface area contributed by atoms with Crippen LogP contribution < -0.4 is 0 Å². The molecule has 0 N–H and O–H groups in total. The molecule has 1 saturated carbocycles. The molecule has 2 aliphatic rings. The molecule has 1 amide bonds. The number of hydrogen-bond donors (Lipinski definition) is 0. The number of rotatable bonds is 2. The largest absolute Gasteiger partial charge is 0.372 e. The number of amides is 1. The average molecular weight is 250 g/mol. The van der Waals surface area contributed by atoms with Crippen molar-refractivity contribution in [2.45, 2.75) is 38.2 Å². The topological polar surface area (TPSA) is 55.6 Å². The fourth-order valence-corrected chi connectivity index (χ4v) is 2.30. The Labute approximate surface area is 106 Å². The molecule has 1 aliphatic carbocycles. The molecule has 1 saturated heterocycles. The predicted octanol–water partition coefficient (Wildman–Crippen LogP) is 1.80. The fourth-order valence-electron chi connectivity index (χ4n) is 2.30. The molecule has 2 fully saturated rings. The Morgan fingerprint density at radius 2 is 2.28 bits per heavy atom. The number of aromatic nitrogens is 1. The van der Waals surface area contributed by atoms with E-state index in [4.69, 9.17) is 9.26 Å². The Balaban J connectivity index is 1.72. The first kappa shape index (κ1) is 11.7. The molecule has 0 radical (unpaired) electrons. The van der Waals surface area contributed by atoms with E-state index in [-0.39, 0.29) is 11.5 Å². The van der Waals surface area contributed by atoms with Gasteiger partial charge in [-0.25, -0.2) is 0 Å². The summed E-state index contributed by atoms with van der Waals surface area (Å²) in [5.74, 6) is 1.29. The summed E-state index contributed by atoms with van der Waals surface area (Å²) in [6, 6.07) is 1.79. The molecular weight excluding hydrogens is 232 g/mol. The summed E-state index contributed by atoms with van der Waals surface area (Å²) in [6.07, 6.45) is 2.29. The standard InChI is InChI=1S/C13H18N2O3/c1-13(2)8-15(5-6-17-13)12(16)10-7-11(18-14-10)9-3-4-9/h7,9H,3-6,8H2,1-2H3. The molecule has 1 aromatic heterocycles.